The third-order valence-corrected chi connectivity index (χ3v) is 7.37. The second-order valence-electron chi connectivity index (χ2n) is 10.8. The van der Waals surface area contributed by atoms with Crippen LogP contribution < -0.4 is 16.4 Å². The van der Waals surface area contributed by atoms with Gasteiger partial charge in [-0.15, -0.1) is 0 Å². The molecule has 0 bridgehead atoms. The van der Waals surface area contributed by atoms with Crippen molar-refractivity contribution in [1.29, 1.82) is 0 Å². The molecule has 7 heteroatoms. The number of benzene rings is 1. The summed E-state index contributed by atoms with van der Waals surface area (Å²) in [6.07, 6.45) is 10.8. The minimum atomic E-state index is -0.686. The van der Waals surface area contributed by atoms with Crippen molar-refractivity contribution in [3.8, 4) is 0 Å². The maximum absolute atomic E-state index is 13.7. The van der Waals surface area contributed by atoms with E-state index in [1.54, 1.807) is 4.90 Å². The molecule has 1 atom stereocenters. The van der Waals surface area contributed by atoms with Crippen LogP contribution in [0.4, 0.5) is 4.79 Å². The summed E-state index contributed by atoms with van der Waals surface area (Å²) < 4.78 is 0. The molecular formula is C28H45N5O2. The Morgan fingerprint density at radius 2 is 1.83 bits per heavy atom. The van der Waals surface area contributed by atoms with Crippen molar-refractivity contribution in [3.05, 3.63) is 35.4 Å². The second kappa shape index (κ2) is 12.9. The highest BCUT2D eigenvalue weighted by Crippen LogP contribution is 2.39. The third kappa shape index (κ3) is 7.71. The van der Waals surface area contributed by atoms with E-state index in [1.807, 2.05) is 24.3 Å². The van der Waals surface area contributed by atoms with Gasteiger partial charge in [-0.1, -0.05) is 90.0 Å². The van der Waals surface area contributed by atoms with Crippen LogP contribution in [0.25, 0.3) is 0 Å². The van der Waals surface area contributed by atoms with Gasteiger partial charge in [-0.05, 0) is 42.2 Å². The molecule has 1 aromatic carbocycles. The predicted octanol–water partition coefficient (Wildman–Crippen LogP) is 5.09. The van der Waals surface area contributed by atoms with Crippen molar-refractivity contribution < 1.29 is 9.59 Å². The van der Waals surface area contributed by atoms with Gasteiger partial charge in [0.25, 0.3) is 5.91 Å². The van der Waals surface area contributed by atoms with Gasteiger partial charge in [0, 0.05) is 13.1 Å². The number of aliphatic imine (C=N–C) groups is 1. The van der Waals surface area contributed by atoms with Gasteiger partial charge in [0.15, 0.2) is 5.96 Å². The smallest absolute Gasteiger partial charge is 0.315 e. The summed E-state index contributed by atoms with van der Waals surface area (Å²) in [6, 6.07) is 7.83. The molecule has 3 amide bonds. The SMILES string of the molecule is CCCCC1(CC2CCCCC2)N=C(N)N(Cc2ccc(CNC(=O)NCCC(C)C)cc2)C1=O. The Morgan fingerprint density at radius 3 is 2.49 bits per heavy atom. The molecule has 4 N–H and O–H groups in total. The van der Waals surface area contributed by atoms with Gasteiger partial charge in [0.05, 0.1) is 6.54 Å². The van der Waals surface area contributed by atoms with Crippen molar-refractivity contribution >= 4 is 17.9 Å². The number of amides is 3. The molecule has 1 saturated carbocycles. The number of urea groups is 1. The minimum Gasteiger partial charge on any atom is -0.369 e. The van der Waals surface area contributed by atoms with Crippen LogP contribution in [0.2, 0.25) is 0 Å². The number of hydrogen-bond acceptors (Lipinski definition) is 4. The van der Waals surface area contributed by atoms with Crippen LogP contribution in [0, 0.1) is 11.8 Å². The Balaban J connectivity index is 1.57. The largest absolute Gasteiger partial charge is 0.369 e. The highest BCUT2D eigenvalue weighted by Gasteiger charge is 2.48. The van der Waals surface area contributed by atoms with E-state index >= 15 is 0 Å². The van der Waals surface area contributed by atoms with Crippen LogP contribution in [-0.2, 0) is 17.9 Å². The predicted molar refractivity (Wildman–Crippen MR) is 142 cm³/mol. The van der Waals surface area contributed by atoms with E-state index < -0.39 is 5.54 Å². The van der Waals surface area contributed by atoms with E-state index in [4.69, 9.17) is 10.7 Å². The summed E-state index contributed by atoms with van der Waals surface area (Å²) in [6.45, 7) is 7.99. The summed E-state index contributed by atoms with van der Waals surface area (Å²) in [5, 5.41) is 5.78. The molecule has 1 unspecified atom stereocenters. The van der Waals surface area contributed by atoms with Crippen molar-refractivity contribution in [2.24, 2.45) is 22.6 Å². The third-order valence-electron chi connectivity index (χ3n) is 7.37. The van der Waals surface area contributed by atoms with Crippen molar-refractivity contribution in [3.63, 3.8) is 0 Å². The first-order chi connectivity index (χ1) is 16.8. The van der Waals surface area contributed by atoms with Crippen LogP contribution in [0.5, 0.6) is 0 Å². The van der Waals surface area contributed by atoms with Crippen LogP contribution in [0.1, 0.15) is 96.1 Å². The van der Waals surface area contributed by atoms with Gasteiger partial charge in [-0.2, -0.15) is 0 Å². The van der Waals surface area contributed by atoms with E-state index in [9.17, 15) is 9.59 Å². The number of carbonyl (C=O) groups is 2. The summed E-state index contributed by atoms with van der Waals surface area (Å²) in [5.74, 6) is 1.55. The molecule has 3 rings (SSSR count). The Labute approximate surface area is 211 Å². The fourth-order valence-electron chi connectivity index (χ4n) is 5.24. The zero-order valence-electron chi connectivity index (χ0n) is 21.9. The minimum absolute atomic E-state index is 0.0674. The molecule has 7 nitrogen and oxygen atoms in total. The molecule has 1 aromatic rings. The van der Waals surface area contributed by atoms with E-state index in [0.29, 0.717) is 37.4 Å². The van der Waals surface area contributed by atoms with Crippen LogP contribution in [0.15, 0.2) is 29.3 Å². The molecule has 0 saturated heterocycles. The molecule has 0 spiro atoms. The lowest BCUT2D eigenvalue weighted by Gasteiger charge is -2.32. The number of nitrogens with one attached hydrogen (secondary N) is 2. The monoisotopic (exact) mass is 483 g/mol. The van der Waals surface area contributed by atoms with E-state index in [-0.39, 0.29) is 11.9 Å². The Hall–Kier alpha value is -2.57. The van der Waals surface area contributed by atoms with Gasteiger partial charge in [0.2, 0.25) is 0 Å². The quantitative estimate of drug-likeness (QED) is 0.386. The summed E-state index contributed by atoms with van der Waals surface area (Å²) >= 11 is 0. The molecule has 194 valence electrons. The molecule has 1 fully saturated rings. The van der Waals surface area contributed by atoms with Crippen molar-refractivity contribution in [1.82, 2.24) is 15.5 Å². The first-order valence-electron chi connectivity index (χ1n) is 13.6. The summed E-state index contributed by atoms with van der Waals surface area (Å²) in [5.41, 5.74) is 7.67. The van der Waals surface area contributed by atoms with Gasteiger partial charge < -0.3 is 16.4 Å². The molecular weight excluding hydrogens is 438 g/mol. The summed E-state index contributed by atoms with van der Waals surface area (Å²) in [4.78, 5) is 32.1. The molecule has 1 aliphatic carbocycles. The van der Waals surface area contributed by atoms with Gasteiger partial charge in [-0.3, -0.25) is 9.69 Å². The van der Waals surface area contributed by atoms with Gasteiger partial charge in [-0.25, -0.2) is 9.79 Å². The van der Waals surface area contributed by atoms with E-state index in [1.165, 1.54) is 32.1 Å². The highest BCUT2D eigenvalue weighted by atomic mass is 16.2. The van der Waals surface area contributed by atoms with Crippen LogP contribution >= 0.6 is 0 Å². The van der Waals surface area contributed by atoms with Crippen LogP contribution in [-0.4, -0.2) is 34.9 Å². The normalized spacial score (nSPS) is 20.9. The standard InChI is InChI=1S/C28H45N5O2/c1-4-5-16-28(18-22-9-7-6-8-10-22)25(34)33(26(29)32-28)20-24-13-11-23(12-14-24)19-31-27(35)30-17-15-21(2)3/h11-14,21-22H,4-10,15-20H2,1-3H3,(H2,29,32)(H2,30,31,35). The Bertz CT molecular complexity index is 861. The number of carbonyl (C=O) groups excluding carboxylic acids is 2. The zero-order chi connectivity index (χ0) is 25.3. The average molecular weight is 484 g/mol. The summed E-state index contributed by atoms with van der Waals surface area (Å²) in [7, 11) is 0. The average Bonchev–Trinajstić information content (AvgIpc) is 3.07. The molecule has 2 aliphatic rings. The zero-order valence-corrected chi connectivity index (χ0v) is 21.9. The number of nitrogens with two attached hydrogens (primary N) is 1. The highest BCUT2D eigenvalue weighted by molar-refractivity contribution is 6.06. The fraction of sp³-hybridized carbons (Fsp3) is 0.679. The molecule has 1 aliphatic heterocycles. The second-order valence-corrected chi connectivity index (χ2v) is 10.8. The maximum atomic E-state index is 13.7. The first kappa shape index (κ1) is 27.0. The number of rotatable bonds is 12. The lowest BCUT2D eigenvalue weighted by Crippen LogP contribution is -2.45. The van der Waals surface area contributed by atoms with Gasteiger partial charge >= 0.3 is 6.03 Å². The van der Waals surface area contributed by atoms with Crippen LogP contribution in [0.3, 0.4) is 0 Å². The Kier molecular flexibility index (Phi) is 9.99. The Morgan fingerprint density at radius 1 is 1.14 bits per heavy atom. The van der Waals surface area contributed by atoms with E-state index in [0.717, 1.165) is 43.2 Å². The van der Waals surface area contributed by atoms with Crippen molar-refractivity contribution in [2.45, 2.75) is 104 Å². The maximum Gasteiger partial charge on any atom is 0.315 e. The fourth-order valence-corrected chi connectivity index (χ4v) is 5.24. The number of hydrogen-bond donors (Lipinski definition) is 3. The number of guanidine groups is 1. The number of unbranched alkanes of at least 4 members (excludes halogenated alkanes) is 1. The van der Waals surface area contributed by atoms with E-state index in [2.05, 4.69) is 31.4 Å². The van der Waals surface area contributed by atoms with Crippen molar-refractivity contribution in [2.75, 3.05) is 6.54 Å². The molecule has 35 heavy (non-hydrogen) atoms. The number of nitrogens with zero attached hydrogens (tertiary/aromatic N) is 2. The first-order valence-corrected chi connectivity index (χ1v) is 13.6. The topological polar surface area (TPSA) is 99.8 Å². The molecule has 0 aromatic heterocycles. The van der Waals surface area contributed by atoms with Gasteiger partial charge in [0.1, 0.15) is 5.54 Å². The lowest BCUT2D eigenvalue weighted by molar-refractivity contribution is -0.132. The lowest BCUT2D eigenvalue weighted by atomic mass is 9.77. The molecule has 0 radical (unpaired) electrons. The molecule has 1 heterocycles.